The zero-order valence-electron chi connectivity index (χ0n) is 13.4. The van der Waals surface area contributed by atoms with Crippen molar-refractivity contribution in [3.8, 4) is 0 Å². The molecule has 17 heavy (non-hydrogen) atoms. The van der Waals surface area contributed by atoms with E-state index in [9.17, 15) is 0 Å². The molecule has 0 amide bonds. The highest BCUT2D eigenvalue weighted by Gasteiger charge is 2.72. The van der Waals surface area contributed by atoms with Gasteiger partial charge < -0.3 is 0 Å². The molecule has 0 aromatic carbocycles. The van der Waals surface area contributed by atoms with Gasteiger partial charge in [0.15, 0.2) is 0 Å². The lowest BCUT2D eigenvalue weighted by Gasteiger charge is -2.79. The molecule has 3 rings (SSSR count). The summed E-state index contributed by atoms with van der Waals surface area (Å²) in [5.41, 5.74) is 1.65. The molecule has 3 aliphatic heterocycles. The second-order valence-corrected chi connectivity index (χ2v) is 8.60. The minimum atomic E-state index is 0.277. The summed E-state index contributed by atoms with van der Waals surface area (Å²) in [6, 6.07) is 0. The summed E-state index contributed by atoms with van der Waals surface area (Å²) in [5.74, 6) is 0. The molecule has 0 aromatic rings. The van der Waals surface area contributed by atoms with Gasteiger partial charge in [-0.15, -0.1) is 0 Å². The Bertz CT molecular complexity index is 319. The summed E-state index contributed by atoms with van der Waals surface area (Å²) < 4.78 is 0. The molecule has 0 aliphatic carbocycles. The van der Waals surface area contributed by atoms with Crippen molar-refractivity contribution >= 4 is 0 Å². The highest BCUT2D eigenvalue weighted by atomic mass is 15.3. The zero-order valence-corrected chi connectivity index (χ0v) is 13.4. The SMILES string of the molecule is CC1(C)N2CCC(C)(C1(C)C)C(C)(C)C2(C)C. The van der Waals surface area contributed by atoms with Gasteiger partial charge in [-0.2, -0.15) is 0 Å². The second-order valence-electron chi connectivity index (χ2n) is 8.60. The van der Waals surface area contributed by atoms with Gasteiger partial charge in [0, 0.05) is 11.1 Å². The van der Waals surface area contributed by atoms with E-state index in [-0.39, 0.29) is 11.1 Å². The Morgan fingerprint density at radius 1 is 0.647 bits per heavy atom. The van der Waals surface area contributed by atoms with E-state index < -0.39 is 0 Å². The molecule has 1 nitrogen and oxygen atoms in total. The van der Waals surface area contributed by atoms with Crippen molar-refractivity contribution in [1.82, 2.24) is 4.90 Å². The van der Waals surface area contributed by atoms with Crippen LogP contribution in [0, 0.1) is 16.2 Å². The zero-order chi connectivity index (χ0) is 13.5. The standard InChI is InChI=1S/C16H31N/c1-12(2)14(5,6)17-11-10-16(12,9)13(3,4)15(17,7)8/h10-11H2,1-9H3. The molecule has 0 unspecified atom stereocenters. The minimum Gasteiger partial charge on any atom is -0.292 e. The lowest BCUT2D eigenvalue weighted by Crippen LogP contribution is -2.82. The topological polar surface area (TPSA) is 3.24 Å². The van der Waals surface area contributed by atoms with Crippen molar-refractivity contribution in [3.05, 3.63) is 0 Å². The molecule has 100 valence electrons. The van der Waals surface area contributed by atoms with E-state index in [0.717, 1.165) is 0 Å². The molecule has 1 heteroatoms. The molecule has 2 bridgehead atoms. The molecule has 3 heterocycles. The summed E-state index contributed by atoms with van der Waals surface area (Å²) in [5, 5.41) is 0. The molecular weight excluding hydrogens is 206 g/mol. The van der Waals surface area contributed by atoms with Gasteiger partial charge in [-0.05, 0) is 56.9 Å². The van der Waals surface area contributed by atoms with E-state index in [1.54, 1.807) is 0 Å². The Kier molecular flexibility index (Phi) is 2.30. The van der Waals surface area contributed by atoms with Crippen molar-refractivity contribution < 1.29 is 0 Å². The fraction of sp³-hybridized carbons (Fsp3) is 1.00. The number of hydrogen-bond donors (Lipinski definition) is 0. The van der Waals surface area contributed by atoms with Gasteiger partial charge in [-0.25, -0.2) is 0 Å². The van der Waals surface area contributed by atoms with Crippen molar-refractivity contribution in [1.29, 1.82) is 0 Å². The van der Waals surface area contributed by atoms with Gasteiger partial charge in [0.05, 0.1) is 0 Å². The highest BCUT2D eigenvalue weighted by molar-refractivity contribution is 5.24. The molecule has 0 radical (unpaired) electrons. The van der Waals surface area contributed by atoms with E-state index in [4.69, 9.17) is 0 Å². The van der Waals surface area contributed by atoms with Gasteiger partial charge in [0.25, 0.3) is 0 Å². The smallest absolute Gasteiger partial charge is 0.0215 e. The van der Waals surface area contributed by atoms with Crippen LogP contribution >= 0.6 is 0 Å². The van der Waals surface area contributed by atoms with E-state index in [1.807, 2.05) is 0 Å². The fourth-order valence-corrected chi connectivity index (χ4v) is 5.02. The number of nitrogens with zero attached hydrogens (tertiary/aromatic N) is 1. The molecule has 0 spiro atoms. The van der Waals surface area contributed by atoms with Crippen LogP contribution in [0.2, 0.25) is 0 Å². The van der Waals surface area contributed by atoms with E-state index in [1.165, 1.54) is 13.0 Å². The number of piperidine rings is 3. The average Bonchev–Trinajstić information content (AvgIpc) is 2.11. The molecule has 3 fully saturated rings. The normalized spacial score (nSPS) is 44.6. The van der Waals surface area contributed by atoms with Gasteiger partial charge in [-0.1, -0.05) is 34.6 Å². The van der Waals surface area contributed by atoms with Crippen LogP contribution in [0.4, 0.5) is 0 Å². The number of rotatable bonds is 0. The summed E-state index contributed by atoms with van der Waals surface area (Å²) in [7, 11) is 0. The summed E-state index contributed by atoms with van der Waals surface area (Å²) in [4.78, 5) is 2.77. The predicted molar refractivity (Wildman–Crippen MR) is 75.2 cm³/mol. The quantitative estimate of drug-likeness (QED) is 0.606. The maximum Gasteiger partial charge on any atom is 0.0215 e. The summed E-state index contributed by atoms with van der Waals surface area (Å²) in [6.45, 7) is 23.5. The van der Waals surface area contributed by atoms with Crippen LogP contribution in [0.3, 0.4) is 0 Å². The first-order chi connectivity index (χ1) is 7.34. The maximum atomic E-state index is 2.77. The van der Waals surface area contributed by atoms with Crippen molar-refractivity contribution in [2.75, 3.05) is 6.54 Å². The Labute approximate surface area is 108 Å². The van der Waals surface area contributed by atoms with Gasteiger partial charge in [0.2, 0.25) is 0 Å². The molecule has 0 saturated carbocycles. The second kappa shape index (κ2) is 2.92. The van der Waals surface area contributed by atoms with Gasteiger partial charge in [-0.3, -0.25) is 4.90 Å². The van der Waals surface area contributed by atoms with Crippen LogP contribution in [0.1, 0.15) is 68.7 Å². The Hall–Kier alpha value is -0.0400. The third kappa shape index (κ3) is 1.07. The molecule has 3 saturated heterocycles. The number of fused-ring (bicyclic) bond motifs is 3. The lowest BCUT2D eigenvalue weighted by molar-refractivity contribution is -0.293. The Balaban J connectivity index is 2.71. The van der Waals surface area contributed by atoms with Gasteiger partial charge >= 0.3 is 0 Å². The third-order valence-electron chi connectivity index (χ3n) is 8.00. The largest absolute Gasteiger partial charge is 0.292 e. The lowest BCUT2D eigenvalue weighted by atomic mass is 9.37. The predicted octanol–water partition coefficient (Wildman–Crippen LogP) is 4.32. The number of hydrogen-bond acceptors (Lipinski definition) is 1. The van der Waals surface area contributed by atoms with Crippen LogP contribution in [0.25, 0.3) is 0 Å². The molecular formula is C16H31N. The van der Waals surface area contributed by atoms with Crippen LogP contribution in [-0.2, 0) is 0 Å². The van der Waals surface area contributed by atoms with Crippen molar-refractivity contribution in [2.45, 2.75) is 79.8 Å². The van der Waals surface area contributed by atoms with Gasteiger partial charge in [0.1, 0.15) is 0 Å². The van der Waals surface area contributed by atoms with E-state index in [2.05, 4.69) is 67.2 Å². The third-order valence-corrected chi connectivity index (χ3v) is 8.00. The van der Waals surface area contributed by atoms with Crippen molar-refractivity contribution in [2.24, 2.45) is 16.2 Å². The van der Waals surface area contributed by atoms with Crippen LogP contribution < -0.4 is 0 Å². The fourth-order valence-electron chi connectivity index (χ4n) is 5.02. The van der Waals surface area contributed by atoms with Crippen molar-refractivity contribution in [3.63, 3.8) is 0 Å². The summed E-state index contributed by atoms with van der Waals surface area (Å²) >= 11 is 0. The van der Waals surface area contributed by atoms with Crippen LogP contribution in [0.5, 0.6) is 0 Å². The first-order valence-corrected chi connectivity index (χ1v) is 7.12. The summed E-state index contributed by atoms with van der Waals surface area (Å²) in [6.07, 6.45) is 1.33. The highest BCUT2D eigenvalue weighted by Crippen LogP contribution is 2.71. The first kappa shape index (κ1) is 13.4. The molecule has 0 N–H and O–H groups in total. The average molecular weight is 237 g/mol. The van der Waals surface area contributed by atoms with E-state index in [0.29, 0.717) is 16.2 Å². The molecule has 0 aromatic heterocycles. The van der Waals surface area contributed by atoms with E-state index >= 15 is 0 Å². The maximum absolute atomic E-state index is 2.77. The van der Waals surface area contributed by atoms with Crippen LogP contribution in [-0.4, -0.2) is 22.5 Å². The first-order valence-electron chi connectivity index (χ1n) is 7.12. The molecule has 3 aliphatic rings. The monoisotopic (exact) mass is 237 g/mol. The minimum absolute atomic E-state index is 0.277. The Morgan fingerprint density at radius 2 is 1.00 bits per heavy atom. The molecule has 0 atom stereocenters. The Morgan fingerprint density at radius 3 is 1.35 bits per heavy atom. The van der Waals surface area contributed by atoms with Crippen LogP contribution in [0.15, 0.2) is 0 Å².